The molecular formula is C52H92N2O3. The number of rotatable bonds is 36. The van der Waals surface area contributed by atoms with Crippen molar-refractivity contribution in [3.63, 3.8) is 0 Å². The lowest BCUT2D eigenvalue weighted by Crippen LogP contribution is -2.39. The summed E-state index contributed by atoms with van der Waals surface area (Å²) in [5.41, 5.74) is 0.566. The van der Waals surface area contributed by atoms with Gasteiger partial charge in [0.05, 0.1) is 0 Å². The SMILES string of the molecule is C=C(/C=C\CC(C)C)C(=O)NCCCCCCCCC1CCC(CCCCCC)C(CCCCCCCC)C1CCCCCCCCC(CC)N1C(=O)C=CC1=O. The molecule has 5 heteroatoms. The molecule has 5 atom stereocenters. The van der Waals surface area contributed by atoms with Crippen LogP contribution in [0.1, 0.15) is 234 Å². The van der Waals surface area contributed by atoms with E-state index in [-0.39, 0.29) is 23.8 Å². The van der Waals surface area contributed by atoms with Gasteiger partial charge in [0.25, 0.3) is 17.7 Å². The molecule has 1 aliphatic heterocycles. The second-order valence-corrected chi connectivity index (χ2v) is 18.7. The number of hydrogen-bond donors (Lipinski definition) is 1. The Hall–Kier alpha value is -2.17. The first-order valence-corrected chi connectivity index (χ1v) is 24.9. The number of hydrogen-bond acceptors (Lipinski definition) is 3. The van der Waals surface area contributed by atoms with Crippen molar-refractivity contribution in [3.05, 3.63) is 36.5 Å². The van der Waals surface area contributed by atoms with Crippen LogP contribution in [0, 0.1) is 29.6 Å². The van der Waals surface area contributed by atoms with Gasteiger partial charge in [-0.3, -0.25) is 19.3 Å². The first kappa shape index (κ1) is 51.0. The molecule has 2 rings (SSSR count). The highest BCUT2D eigenvalue weighted by Gasteiger charge is 2.38. The summed E-state index contributed by atoms with van der Waals surface area (Å²) < 4.78 is 0. The smallest absolute Gasteiger partial charge is 0.253 e. The van der Waals surface area contributed by atoms with Crippen molar-refractivity contribution in [3.8, 4) is 0 Å². The summed E-state index contributed by atoms with van der Waals surface area (Å²) >= 11 is 0. The van der Waals surface area contributed by atoms with E-state index >= 15 is 0 Å². The maximum atomic E-state index is 12.3. The average Bonchev–Trinajstić information content (AvgIpc) is 3.53. The van der Waals surface area contributed by atoms with Crippen LogP contribution < -0.4 is 5.32 Å². The van der Waals surface area contributed by atoms with E-state index in [0.717, 1.165) is 62.3 Å². The molecule has 0 spiro atoms. The van der Waals surface area contributed by atoms with Gasteiger partial charge in [-0.2, -0.15) is 0 Å². The molecule has 0 aromatic rings. The third-order valence-corrected chi connectivity index (χ3v) is 13.5. The van der Waals surface area contributed by atoms with Gasteiger partial charge in [0.1, 0.15) is 0 Å². The fourth-order valence-electron chi connectivity index (χ4n) is 10.0. The number of amides is 3. The van der Waals surface area contributed by atoms with Gasteiger partial charge in [0.15, 0.2) is 0 Å². The highest BCUT2D eigenvalue weighted by atomic mass is 16.2. The van der Waals surface area contributed by atoms with Crippen molar-refractivity contribution in [2.75, 3.05) is 6.54 Å². The van der Waals surface area contributed by atoms with Crippen LogP contribution in [-0.2, 0) is 14.4 Å². The van der Waals surface area contributed by atoms with E-state index in [2.05, 4.69) is 52.6 Å². The molecule has 2 aliphatic rings. The van der Waals surface area contributed by atoms with Gasteiger partial charge in [-0.1, -0.05) is 201 Å². The summed E-state index contributed by atoms with van der Waals surface area (Å²) in [4.78, 5) is 38.2. The number of carbonyl (C=O) groups is 3. The third-order valence-electron chi connectivity index (χ3n) is 13.5. The van der Waals surface area contributed by atoms with Crippen molar-refractivity contribution in [1.82, 2.24) is 10.2 Å². The highest BCUT2D eigenvalue weighted by Crippen LogP contribution is 2.48. The number of nitrogens with one attached hydrogen (secondary N) is 1. The molecule has 0 aromatic carbocycles. The number of allylic oxidation sites excluding steroid dienone is 1. The molecule has 57 heavy (non-hydrogen) atoms. The molecule has 1 heterocycles. The van der Waals surface area contributed by atoms with Gasteiger partial charge in [-0.25, -0.2) is 0 Å². The Morgan fingerprint density at radius 3 is 1.60 bits per heavy atom. The number of nitrogens with zero attached hydrogens (tertiary/aromatic N) is 1. The summed E-state index contributed by atoms with van der Waals surface area (Å²) in [6.45, 7) is 15.8. The normalized spacial score (nSPS) is 20.4. The molecule has 0 bridgehead atoms. The van der Waals surface area contributed by atoms with E-state index < -0.39 is 0 Å². The van der Waals surface area contributed by atoms with Gasteiger partial charge in [0.2, 0.25) is 0 Å². The monoisotopic (exact) mass is 793 g/mol. The Bertz CT molecular complexity index is 1120. The van der Waals surface area contributed by atoms with Gasteiger partial charge in [-0.05, 0) is 81.0 Å². The van der Waals surface area contributed by atoms with Gasteiger partial charge >= 0.3 is 0 Å². The van der Waals surface area contributed by atoms with E-state index in [0.29, 0.717) is 11.5 Å². The van der Waals surface area contributed by atoms with Crippen LogP contribution in [-0.4, -0.2) is 35.2 Å². The average molecular weight is 793 g/mol. The summed E-state index contributed by atoms with van der Waals surface area (Å²) in [7, 11) is 0. The van der Waals surface area contributed by atoms with Crippen molar-refractivity contribution in [2.24, 2.45) is 29.6 Å². The molecule has 0 aromatic heterocycles. The number of carbonyl (C=O) groups excluding carboxylic acids is 3. The molecule has 1 aliphatic carbocycles. The van der Waals surface area contributed by atoms with Crippen LogP contribution in [0.2, 0.25) is 0 Å². The summed E-state index contributed by atoms with van der Waals surface area (Å²) in [6, 6.07) is 0.0502. The fourth-order valence-corrected chi connectivity index (χ4v) is 10.0. The molecule has 1 N–H and O–H groups in total. The quantitative estimate of drug-likeness (QED) is 0.0297. The second kappa shape index (κ2) is 32.7. The first-order chi connectivity index (χ1) is 27.7. The molecule has 1 saturated carbocycles. The summed E-state index contributed by atoms with van der Waals surface area (Å²) in [5, 5.41) is 3.06. The number of imide groups is 1. The topological polar surface area (TPSA) is 66.5 Å². The van der Waals surface area contributed by atoms with Gasteiger partial charge in [-0.15, -0.1) is 0 Å². The predicted molar refractivity (Wildman–Crippen MR) is 245 cm³/mol. The summed E-state index contributed by atoms with van der Waals surface area (Å²) in [5.74, 6) is 4.02. The fraction of sp³-hybridized carbons (Fsp3) is 0.827. The molecule has 3 amide bonds. The van der Waals surface area contributed by atoms with Crippen molar-refractivity contribution >= 4 is 17.7 Å². The number of unbranched alkanes of at least 4 members (excludes halogenated alkanes) is 18. The lowest BCUT2D eigenvalue weighted by atomic mass is 9.61. The van der Waals surface area contributed by atoms with Crippen LogP contribution in [0.4, 0.5) is 0 Å². The van der Waals surface area contributed by atoms with Gasteiger partial charge in [0, 0.05) is 30.3 Å². The molecule has 328 valence electrons. The van der Waals surface area contributed by atoms with Crippen molar-refractivity contribution < 1.29 is 14.4 Å². The minimum absolute atomic E-state index is 0.0270. The lowest BCUT2D eigenvalue weighted by molar-refractivity contribution is -0.139. The lowest BCUT2D eigenvalue weighted by Gasteiger charge is -2.44. The zero-order valence-electron chi connectivity index (χ0n) is 38.3. The van der Waals surface area contributed by atoms with Crippen LogP contribution in [0.15, 0.2) is 36.5 Å². The van der Waals surface area contributed by atoms with E-state index in [1.54, 1.807) is 0 Å². The Morgan fingerprint density at radius 1 is 0.667 bits per heavy atom. The van der Waals surface area contributed by atoms with Crippen LogP contribution in [0.5, 0.6) is 0 Å². The standard InChI is InChI=1S/C52H92N2O3/c1-7-10-12-14-21-27-36-48-45(33-24-13-11-8-2)38-39-46(34-25-19-17-18-23-29-42-53-52(57)44(6)32-30-31-43(4)5)49(48)37-28-22-16-15-20-26-35-47(9-3)54-50(55)40-41-51(54)56/h30,32,40-41,43,45-49H,6-29,31,33-39,42H2,1-5H3,(H,53,57)/b32-30-. The van der Waals surface area contributed by atoms with Crippen LogP contribution in [0.25, 0.3) is 0 Å². The minimum Gasteiger partial charge on any atom is -0.352 e. The van der Waals surface area contributed by atoms with Crippen LogP contribution >= 0.6 is 0 Å². The molecular weight excluding hydrogens is 701 g/mol. The van der Waals surface area contributed by atoms with Gasteiger partial charge < -0.3 is 5.32 Å². The molecule has 0 saturated heterocycles. The van der Waals surface area contributed by atoms with Crippen molar-refractivity contribution in [2.45, 2.75) is 240 Å². The van der Waals surface area contributed by atoms with E-state index in [9.17, 15) is 14.4 Å². The van der Waals surface area contributed by atoms with Crippen LogP contribution in [0.3, 0.4) is 0 Å². The molecule has 0 radical (unpaired) electrons. The zero-order chi connectivity index (χ0) is 41.5. The largest absolute Gasteiger partial charge is 0.352 e. The third kappa shape index (κ3) is 22.1. The molecule has 1 fully saturated rings. The Morgan fingerprint density at radius 2 is 1.11 bits per heavy atom. The molecule has 5 unspecified atom stereocenters. The Labute approximate surface area is 353 Å². The minimum atomic E-state index is -0.131. The maximum absolute atomic E-state index is 12.3. The Balaban J connectivity index is 1.84. The predicted octanol–water partition coefficient (Wildman–Crippen LogP) is 14.8. The Kier molecular flexibility index (Phi) is 29.2. The highest BCUT2D eigenvalue weighted by molar-refractivity contribution is 6.13. The van der Waals surface area contributed by atoms with Crippen molar-refractivity contribution in [1.29, 1.82) is 0 Å². The van der Waals surface area contributed by atoms with E-state index in [1.807, 2.05) is 6.08 Å². The second-order valence-electron chi connectivity index (χ2n) is 18.7. The molecule has 5 nitrogen and oxygen atoms in total. The van der Waals surface area contributed by atoms with E-state index in [4.69, 9.17) is 0 Å². The van der Waals surface area contributed by atoms with E-state index in [1.165, 1.54) is 184 Å². The first-order valence-electron chi connectivity index (χ1n) is 24.9. The zero-order valence-corrected chi connectivity index (χ0v) is 38.3. The summed E-state index contributed by atoms with van der Waals surface area (Å²) in [6.07, 6.45) is 47.5. The maximum Gasteiger partial charge on any atom is 0.253 e.